The second kappa shape index (κ2) is 6.80. The third kappa shape index (κ3) is 3.06. The Morgan fingerprint density at radius 1 is 0.964 bits per heavy atom. The minimum Gasteiger partial charge on any atom is -0.300 e. The lowest BCUT2D eigenvalue weighted by Gasteiger charge is -2.02. The maximum Gasteiger partial charge on any atom is 0.264 e. The van der Waals surface area contributed by atoms with Crippen molar-refractivity contribution < 1.29 is 4.79 Å². The minimum absolute atomic E-state index is 0.0962. The Bertz CT molecular complexity index is 1180. The summed E-state index contributed by atoms with van der Waals surface area (Å²) < 4.78 is 0. The predicted octanol–water partition coefficient (Wildman–Crippen LogP) is 5.46. The Morgan fingerprint density at radius 2 is 1.75 bits per heavy atom. The molecule has 3 aromatic carbocycles. The average Bonchev–Trinajstić information content (AvgIpc) is 3.23. The number of nitrogens with zero attached hydrogens (tertiary/aromatic N) is 1. The van der Waals surface area contributed by atoms with Gasteiger partial charge in [-0.05, 0) is 70.6 Å². The van der Waals surface area contributed by atoms with Crippen LogP contribution in [0.4, 0.5) is 5.69 Å². The first-order chi connectivity index (χ1) is 13.7. The quantitative estimate of drug-likeness (QED) is 0.468. The van der Waals surface area contributed by atoms with E-state index in [0.29, 0.717) is 10.1 Å². The highest BCUT2D eigenvalue weighted by Gasteiger charge is 2.24. The van der Waals surface area contributed by atoms with Crippen LogP contribution in [0.2, 0.25) is 0 Å². The van der Waals surface area contributed by atoms with Crippen molar-refractivity contribution in [2.75, 3.05) is 0 Å². The molecule has 3 nitrogen and oxygen atoms in total. The standard InChI is InChI=1S/C24H18N2OS/c1-15-6-2-5-9-21(15)25-24-26-23(27)22(28-24)13-16-10-11-20-18(12-16)14-17-7-3-4-8-19(17)20/h2-13H,14H2,1H3,(H,25,26,27)/b22-13+. The van der Waals surface area contributed by atoms with Crippen molar-refractivity contribution in [3.63, 3.8) is 0 Å². The van der Waals surface area contributed by atoms with Gasteiger partial charge in [0.15, 0.2) is 5.17 Å². The van der Waals surface area contributed by atoms with Crippen molar-refractivity contribution in [2.45, 2.75) is 13.3 Å². The number of rotatable bonds is 2. The van der Waals surface area contributed by atoms with Crippen molar-refractivity contribution >= 4 is 34.6 Å². The largest absolute Gasteiger partial charge is 0.300 e. The number of amidine groups is 1. The van der Waals surface area contributed by atoms with Crippen molar-refractivity contribution in [3.05, 3.63) is 93.9 Å². The van der Waals surface area contributed by atoms with Crippen LogP contribution in [-0.4, -0.2) is 11.1 Å². The van der Waals surface area contributed by atoms with Gasteiger partial charge < -0.3 is 5.32 Å². The number of nitrogens with one attached hydrogen (secondary N) is 1. The Labute approximate surface area is 168 Å². The number of amides is 1. The molecule has 1 saturated heterocycles. The Hall–Kier alpha value is -3.11. The molecular formula is C24H18N2OS. The topological polar surface area (TPSA) is 41.5 Å². The maximum absolute atomic E-state index is 12.4. The van der Waals surface area contributed by atoms with Gasteiger partial charge in [-0.2, -0.15) is 0 Å². The molecule has 1 amide bonds. The Kier molecular flexibility index (Phi) is 4.14. The lowest BCUT2D eigenvalue weighted by Crippen LogP contribution is -2.19. The zero-order valence-corrected chi connectivity index (χ0v) is 16.2. The first-order valence-electron chi connectivity index (χ1n) is 9.24. The summed E-state index contributed by atoms with van der Waals surface area (Å²) in [6, 6.07) is 22.9. The van der Waals surface area contributed by atoms with E-state index in [1.165, 1.54) is 34.0 Å². The van der Waals surface area contributed by atoms with Gasteiger partial charge in [0, 0.05) is 0 Å². The summed E-state index contributed by atoms with van der Waals surface area (Å²) in [6.07, 6.45) is 2.89. The highest BCUT2D eigenvalue weighted by Crippen LogP contribution is 2.37. The molecule has 0 saturated carbocycles. The van der Waals surface area contributed by atoms with Crippen molar-refractivity contribution in [1.29, 1.82) is 0 Å². The number of carbonyl (C=O) groups is 1. The molecule has 1 aliphatic carbocycles. The lowest BCUT2D eigenvalue weighted by molar-refractivity contribution is -0.115. The molecule has 0 spiro atoms. The van der Waals surface area contributed by atoms with Gasteiger partial charge in [0.25, 0.3) is 5.91 Å². The number of hydrogen-bond acceptors (Lipinski definition) is 3. The van der Waals surface area contributed by atoms with Crippen molar-refractivity contribution in [3.8, 4) is 11.1 Å². The van der Waals surface area contributed by atoms with Gasteiger partial charge >= 0.3 is 0 Å². The zero-order valence-electron chi connectivity index (χ0n) is 15.4. The molecule has 4 heteroatoms. The van der Waals surface area contributed by atoms with Crippen LogP contribution in [-0.2, 0) is 11.2 Å². The van der Waals surface area contributed by atoms with E-state index in [9.17, 15) is 4.79 Å². The first kappa shape index (κ1) is 17.0. The van der Waals surface area contributed by atoms with Crippen molar-refractivity contribution in [2.24, 2.45) is 4.99 Å². The lowest BCUT2D eigenvalue weighted by atomic mass is 10.0. The van der Waals surface area contributed by atoms with Gasteiger partial charge in [0.05, 0.1) is 10.6 Å². The summed E-state index contributed by atoms with van der Waals surface area (Å²) in [4.78, 5) is 17.7. The summed E-state index contributed by atoms with van der Waals surface area (Å²) in [7, 11) is 0. The molecule has 2 aliphatic rings. The number of para-hydroxylation sites is 1. The normalized spacial score (nSPS) is 17.7. The molecule has 136 valence electrons. The summed E-state index contributed by atoms with van der Waals surface area (Å²) in [5, 5.41) is 3.50. The monoisotopic (exact) mass is 382 g/mol. The van der Waals surface area contributed by atoms with Gasteiger partial charge in [-0.15, -0.1) is 0 Å². The van der Waals surface area contributed by atoms with Gasteiger partial charge in [-0.1, -0.05) is 60.7 Å². The van der Waals surface area contributed by atoms with Crippen LogP contribution in [0, 0.1) is 6.92 Å². The number of benzene rings is 3. The molecule has 1 aliphatic heterocycles. The fraction of sp³-hybridized carbons (Fsp3) is 0.0833. The third-order valence-electron chi connectivity index (χ3n) is 5.10. The molecule has 3 aromatic rings. The van der Waals surface area contributed by atoms with E-state index < -0.39 is 0 Å². The van der Waals surface area contributed by atoms with E-state index >= 15 is 0 Å². The predicted molar refractivity (Wildman–Crippen MR) is 117 cm³/mol. The second-order valence-corrected chi connectivity index (χ2v) is 8.05. The van der Waals surface area contributed by atoms with Crippen LogP contribution >= 0.6 is 11.8 Å². The molecule has 1 fully saturated rings. The number of thioether (sulfide) groups is 1. The molecule has 1 heterocycles. The fourth-order valence-electron chi connectivity index (χ4n) is 3.68. The first-order valence-corrected chi connectivity index (χ1v) is 10.1. The maximum atomic E-state index is 12.4. The zero-order chi connectivity index (χ0) is 19.1. The molecule has 28 heavy (non-hydrogen) atoms. The van der Waals surface area contributed by atoms with Crippen LogP contribution in [0.3, 0.4) is 0 Å². The number of carbonyl (C=O) groups excluding carboxylic acids is 1. The average molecular weight is 382 g/mol. The third-order valence-corrected chi connectivity index (χ3v) is 6.01. The molecule has 0 radical (unpaired) electrons. The summed E-state index contributed by atoms with van der Waals surface area (Å²) in [5.41, 5.74) is 8.29. The molecule has 1 N–H and O–H groups in total. The van der Waals surface area contributed by atoms with Crippen molar-refractivity contribution in [1.82, 2.24) is 5.32 Å². The number of aliphatic imine (C=N–C) groups is 1. The Balaban J connectivity index is 1.42. The van der Waals surface area contributed by atoms with Gasteiger partial charge in [0.1, 0.15) is 0 Å². The van der Waals surface area contributed by atoms with Gasteiger partial charge in [-0.25, -0.2) is 4.99 Å². The molecule has 0 atom stereocenters. The fourth-order valence-corrected chi connectivity index (χ4v) is 4.52. The van der Waals surface area contributed by atoms with Crippen LogP contribution in [0.25, 0.3) is 17.2 Å². The highest BCUT2D eigenvalue weighted by molar-refractivity contribution is 8.18. The van der Waals surface area contributed by atoms with E-state index in [4.69, 9.17) is 0 Å². The highest BCUT2D eigenvalue weighted by atomic mass is 32.2. The van der Waals surface area contributed by atoms with E-state index in [1.807, 2.05) is 37.3 Å². The Morgan fingerprint density at radius 3 is 2.64 bits per heavy atom. The van der Waals surface area contributed by atoms with E-state index in [0.717, 1.165) is 23.2 Å². The van der Waals surface area contributed by atoms with Gasteiger partial charge in [0.2, 0.25) is 0 Å². The molecule has 0 unspecified atom stereocenters. The van der Waals surface area contributed by atoms with Crippen LogP contribution in [0.1, 0.15) is 22.3 Å². The van der Waals surface area contributed by atoms with Crippen LogP contribution in [0.15, 0.2) is 76.6 Å². The van der Waals surface area contributed by atoms with E-state index in [-0.39, 0.29) is 5.91 Å². The molecule has 0 aromatic heterocycles. The number of aryl methyl sites for hydroxylation is 1. The summed E-state index contributed by atoms with van der Waals surface area (Å²) >= 11 is 1.39. The van der Waals surface area contributed by atoms with Crippen LogP contribution < -0.4 is 5.32 Å². The SMILES string of the molecule is Cc1ccccc1N=C1NC(=O)/C(=C\c2ccc3c(c2)Cc2ccccc2-3)S1. The molecule has 0 bridgehead atoms. The van der Waals surface area contributed by atoms with E-state index in [1.54, 1.807) is 0 Å². The van der Waals surface area contributed by atoms with Crippen LogP contribution in [0.5, 0.6) is 0 Å². The summed E-state index contributed by atoms with van der Waals surface area (Å²) in [5.74, 6) is -0.0962. The molecular weight excluding hydrogens is 364 g/mol. The van der Waals surface area contributed by atoms with Gasteiger partial charge in [-0.3, -0.25) is 4.79 Å². The summed E-state index contributed by atoms with van der Waals surface area (Å²) in [6.45, 7) is 2.01. The van der Waals surface area contributed by atoms with E-state index in [2.05, 4.69) is 52.8 Å². The second-order valence-electron chi connectivity index (χ2n) is 7.02. The molecule has 5 rings (SSSR count). The minimum atomic E-state index is -0.0962. The number of hydrogen-bond donors (Lipinski definition) is 1. The smallest absolute Gasteiger partial charge is 0.264 e. The number of fused-ring (bicyclic) bond motifs is 3.